The Hall–Kier alpha value is -1.94. The molecule has 94 valence electrons. The Balaban J connectivity index is 2.30. The van der Waals surface area contributed by atoms with E-state index in [-0.39, 0.29) is 17.3 Å². The molecule has 1 heterocycles. The Morgan fingerprint density at radius 2 is 2.11 bits per heavy atom. The fraction of sp³-hybridized carbons (Fsp3) is 0.154. The summed E-state index contributed by atoms with van der Waals surface area (Å²) in [5.41, 5.74) is 1.48. The van der Waals surface area contributed by atoms with Crippen LogP contribution >= 0.6 is 11.6 Å². The van der Waals surface area contributed by atoms with Crippen LogP contribution in [0.3, 0.4) is 0 Å². The first-order chi connectivity index (χ1) is 8.49. The van der Waals surface area contributed by atoms with Gasteiger partial charge in [0.15, 0.2) is 0 Å². The highest BCUT2D eigenvalue weighted by Gasteiger charge is 2.17. The quantitative estimate of drug-likeness (QED) is 0.817. The number of phenolic OH excluding ortho intramolecular Hbond substituents is 1. The predicted octanol–water partition coefficient (Wildman–Crippen LogP) is 3.51. The van der Waals surface area contributed by atoms with E-state index in [1.165, 1.54) is 18.4 Å². The average molecular weight is 266 g/mol. The number of anilines is 1. The van der Waals surface area contributed by atoms with Crippen LogP contribution in [0, 0.1) is 13.8 Å². The predicted molar refractivity (Wildman–Crippen MR) is 69.3 cm³/mol. The Morgan fingerprint density at radius 3 is 2.72 bits per heavy atom. The highest BCUT2D eigenvalue weighted by Crippen LogP contribution is 2.27. The fourth-order valence-electron chi connectivity index (χ4n) is 1.70. The summed E-state index contributed by atoms with van der Waals surface area (Å²) in [4.78, 5) is 12.1. The van der Waals surface area contributed by atoms with E-state index >= 15 is 0 Å². The summed E-state index contributed by atoms with van der Waals surface area (Å²) in [5.74, 6) is 0.161. The summed E-state index contributed by atoms with van der Waals surface area (Å²) >= 11 is 5.81. The van der Waals surface area contributed by atoms with Gasteiger partial charge in [0.25, 0.3) is 5.91 Å². The molecule has 4 nitrogen and oxygen atoms in total. The van der Waals surface area contributed by atoms with E-state index in [4.69, 9.17) is 16.0 Å². The number of aromatic hydroxyl groups is 1. The van der Waals surface area contributed by atoms with Crippen molar-refractivity contribution in [3.63, 3.8) is 0 Å². The second kappa shape index (κ2) is 4.74. The van der Waals surface area contributed by atoms with Gasteiger partial charge in [0.05, 0.1) is 17.5 Å². The zero-order valence-electron chi connectivity index (χ0n) is 9.95. The van der Waals surface area contributed by atoms with E-state index in [1.54, 1.807) is 19.9 Å². The van der Waals surface area contributed by atoms with Crippen LogP contribution in [0.2, 0.25) is 5.02 Å². The molecule has 18 heavy (non-hydrogen) atoms. The molecule has 0 radical (unpaired) electrons. The number of furan rings is 1. The number of carbonyl (C=O) groups excluding carboxylic acids is 1. The van der Waals surface area contributed by atoms with Crippen molar-refractivity contribution in [3.05, 3.63) is 46.4 Å². The van der Waals surface area contributed by atoms with Gasteiger partial charge in [0.1, 0.15) is 11.5 Å². The lowest BCUT2D eigenvalue weighted by Gasteiger charge is -2.07. The van der Waals surface area contributed by atoms with E-state index in [0.29, 0.717) is 16.3 Å². The van der Waals surface area contributed by atoms with Crippen LogP contribution in [0.15, 0.2) is 28.9 Å². The number of hydrogen-bond acceptors (Lipinski definition) is 3. The highest BCUT2D eigenvalue weighted by atomic mass is 35.5. The molecular weight excluding hydrogens is 254 g/mol. The van der Waals surface area contributed by atoms with Gasteiger partial charge in [-0.2, -0.15) is 0 Å². The monoisotopic (exact) mass is 265 g/mol. The van der Waals surface area contributed by atoms with Gasteiger partial charge in [-0.3, -0.25) is 4.79 Å². The van der Waals surface area contributed by atoms with Crippen LogP contribution in [0.4, 0.5) is 5.69 Å². The maximum absolute atomic E-state index is 12.1. The van der Waals surface area contributed by atoms with Gasteiger partial charge >= 0.3 is 0 Å². The van der Waals surface area contributed by atoms with Gasteiger partial charge in [0, 0.05) is 10.6 Å². The third-order valence-electron chi connectivity index (χ3n) is 2.59. The molecule has 0 aliphatic rings. The minimum atomic E-state index is -0.337. The molecular formula is C13H12ClNO3. The fourth-order valence-corrected chi connectivity index (χ4v) is 1.88. The summed E-state index contributed by atoms with van der Waals surface area (Å²) in [5, 5.41) is 12.7. The zero-order chi connectivity index (χ0) is 13.3. The molecule has 0 bridgehead atoms. The molecule has 2 rings (SSSR count). The lowest BCUT2D eigenvalue weighted by atomic mass is 10.1. The standard InChI is InChI=1S/C13H12ClNO3/c1-7-6-18-8(2)12(7)13(17)15-10-5-9(14)3-4-11(10)16/h3-6,16H,1-2H3,(H,15,17). The number of aryl methyl sites for hydroxylation is 2. The van der Waals surface area contributed by atoms with Gasteiger partial charge in [-0.1, -0.05) is 11.6 Å². The van der Waals surface area contributed by atoms with Gasteiger partial charge in [-0.15, -0.1) is 0 Å². The van der Waals surface area contributed by atoms with Crippen molar-refractivity contribution in [1.82, 2.24) is 0 Å². The summed E-state index contributed by atoms with van der Waals surface area (Å²) < 4.78 is 5.16. The number of nitrogens with one attached hydrogen (secondary N) is 1. The normalized spacial score (nSPS) is 10.4. The molecule has 0 saturated carbocycles. The van der Waals surface area contributed by atoms with Gasteiger partial charge in [0.2, 0.25) is 0 Å². The molecule has 2 aromatic rings. The van der Waals surface area contributed by atoms with Crippen LogP contribution < -0.4 is 5.32 Å². The molecule has 1 aromatic heterocycles. The molecule has 0 saturated heterocycles. The van der Waals surface area contributed by atoms with Crippen molar-refractivity contribution in [1.29, 1.82) is 0 Å². The van der Waals surface area contributed by atoms with Crippen molar-refractivity contribution < 1.29 is 14.3 Å². The lowest BCUT2D eigenvalue weighted by molar-refractivity contribution is 0.102. The number of carbonyl (C=O) groups is 1. The number of benzene rings is 1. The van der Waals surface area contributed by atoms with Gasteiger partial charge in [-0.25, -0.2) is 0 Å². The SMILES string of the molecule is Cc1coc(C)c1C(=O)Nc1cc(Cl)ccc1O. The summed E-state index contributed by atoms with van der Waals surface area (Å²) in [6, 6.07) is 4.45. The third kappa shape index (κ3) is 2.33. The minimum Gasteiger partial charge on any atom is -0.506 e. The molecule has 0 unspecified atom stereocenters. The van der Waals surface area contributed by atoms with Crippen molar-refractivity contribution in [3.8, 4) is 5.75 Å². The van der Waals surface area contributed by atoms with Crippen LogP contribution in [0.1, 0.15) is 21.7 Å². The Labute approximate surface area is 109 Å². The van der Waals surface area contributed by atoms with Crippen molar-refractivity contribution >= 4 is 23.2 Å². The Kier molecular flexibility index (Phi) is 3.30. The minimum absolute atomic E-state index is 0.0356. The van der Waals surface area contributed by atoms with Gasteiger partial charge in [-0.05, 0) is 32.0 Å². The largest absolute Gasteiger partial charge is 0.506 e. The number of halogens is 1. The number of amides is 1. The highest BCUT2D eigenvalue weighted by molar-refractivity contribution is 6.31. The molecule has 1 amide bonds. The Morgan fingerprint density at radius 1 is 1.39 bits per heavy atom. The van der Waals surface area contributed by atoms with Crippen LogP contribution in [0.25, 0.3) is 0 Å². The molecule has 0 fully saturated rings. The number of phenols is 1. The molecule has 2 N–H and O–H groups in total. The molecule has 1 aromatic carbocycles. The second-order valence-electron chi connectivity index (χ2n) is 3.97. The van der Waals surface area contributed by atoms with Crippen molar-refractivity contribution in [2.45, 2.75) is 13.8 Å². The van der Waals surface area contributed by atoms with Crippen molar-refractivity contribution in [2.75, 3.05) is 5.32 Å². The Bertz CT molecular complexity index is 585. The van der Waals surface area contributed by atoms with E-state index in [1.807, 2.05) is 0 Å². The molecule has 0 aliphatic carbocycles. The molecule has 0 spiro atoms. The van der Waals surface area contributed by atoms with Crippen LogP contribution in [0.5, 0.6) is 5.75 Å². The van der Waals surface area contributed by atoms with Gasteiger partial charge < -0.3 is 14.8 Å². The third-order valence-corrected chi connectivity index (χ3v) is 2.83. The second-order valence-corrected chi connectivity index (χ2v) is 4.40. The first-order valence-electron chi connectivity index (χ1n) is 5.33. The first-order valence-corrected chi connectivity index (χ1v) is 5.71. The summed E-state index contributed by atoms with van der Waals surface area (Å²) in [6.07, 6.45) is 1.52. The van der Waals surface area contributed by atoms with Crippen LogP contribution in [-0.2, 0) is 0 Å². The van der Waals surface area contributed by atoms with E-state index in [9.17, 15) is 9.90 Å². The molecule has 0 atom stereocenters. The number of rotatable bonds is 2. The van der Waals surface area contributed by atoms with Crippen LogP contribution in [-0.4, -0.2) is 11.0 Å². The maximum Gasteiger partial charge on any atom is 0.259 e. The topological polar surface area (TPSA) is 62.5 Å². The lowest BCUT2D eigenvalue weighted by Crippen LogP contribution is -2.13. The van der Waals surface area contributed by atoms with E-state index in [0.717, 1.165) is 5.56 Å². The van der Waals surface area contributed by atoms with E-state index in [2.05, 4.69) is 5.32 Å². The van der Waals surface area contributed by atoms with E-state index < -0.39 is 0 Å². The maximum atomic E-state index is 12.1. The molecule has 0 aliphatic heterocycles. The average Bonchev–Trinajstić information content (AvgIpc) is 2.63. The first kappa shape index (κ1) is 12.5. The number of hydrogen-bond donors (Lipinski definition) is 2. The van der Waals surface area contributed by atoms with Crippen molar-refractivity contribution in [2.24, 2.45) is 0 Å². The summed E-state index contributed by atoms with van der Waals surface area (Å²) in [7, 11) is 0. The molecule has 5 heteroatoms. The summed E-state index contributed by atoms with van der Waals surface area (Å²) in [6.45, 7) is 3.49. The zero-order valence-corrected chi connectivity index (χ0v) is 10.7. The smallest absolute Gasteiger partial charge is 0.259 e.